The number of nitrogens with two attached hydrogens (primary N) is 1. The number of aliphatic imine (C=N–C) groups is 1. The number of fused-ring (bicyclic) bond motifs is 1. The van der Waals surface area contributed by atoms with Gasteiger partial charge in [-0.05, 0) is 45.4 Å². The van der Waals surface area contributed by atoms with Crippen molar-refractivity contribution < 1.29 is 8.42 Å². The molecule has 3 rings (SSSR count). The van der Waals surface area contributed by atoms with Crippen LogP contribution in [-0.2, 0) is 15.4 Å². The standard InChI is InChI=1S/C18H25N5O2S/c1-13-12-18(2,10-7-11-19)23-17(21-13)15(16(20-3)22-23)26(24,25)14-8-5-4-6-9-14/h4-6,8-9H,7,10-12,19H2,1-3H3,(H,20,22). The Kier molecular flexibility index (Phi) is 4.90. The van der Waals surface area contributed by atoms with Crippen LogP contribution in [0.15, 0.2) is 45.1 Å². The third-order valence-corrected chi connectivity index (χ3v) is 6.55. The molecule has 1 unspecified atom stereocenters. The monoisotopic (exact) mass is 375 g/mol. The van der Waals surface area contributed by atoms with Crippen LogP contribution in [0.25, 0.3) is 0 Å². The fraction of sp³-hybridized carbons (Fsp3) is 0.444. The quantitative estimate of drug-likeness (QED) is 0.808. The average Bonchev–Trinajstić information content (AvgIpc) is 3.00. The van der Waals surface area contributed by atoms with E-state index >= 15 is 0 Å². The van der Waals surface area contributed by atoms with E-state index in [1.165, 1.54) is 0 Å². The summed E-state index contributed by atoms with van der Waals surface area (Å²) >= 11 is 0. The Morgan fingerprint density at radius 1 is 1.31 bits per heavy atom. The van der Waals surface area contributed by atoms with Gasteiger partial charge in [-0.15, -0.1) is 0 Å². The lowest BCUT2D eigenvalue weighted by Crippen LogP contribution is -2.36. The summed E-state index contributed by atoms with van der Waals surface area (Å²) in [5, 5.41) is 7.51. The number of nitrogens with zero attached hydrogens (tertiary/aromatic N) is 3. The first kappa shape index (κ1) is 18.6. The fourth-order valence-electron chi connectivity index (χ4n) is 3.52. The van der Waals surface area contributed by atoms with Crippen molar-refractivity contribution >= 4 is 27.2 Å². The number of rotatable bonds is 6. The number of aromatic nitrogens is 2. The van der Waals surface area contributed by atoms with E-state index in [-0.39, 0.29) is 15.3 Å². The minimum absolute atomic E-state index is 0.129. The highest BCUT2D eigenvalue weighted by Crippen LogP contribution is 2.43. The van der Waals surface area contributed by atoms with Gasteiger partial charge in [-0.3, -0.25) is 0 Å². The molecular weight excluding hydrogens is 350 g/mol. The summed E-state index contributed by atoms with van der Waals surface area (Å²) in [4.78, 5) is 4.94. The van der Waals surface area contributed by atoms with Gasteiger partial charge in [-0.1, -0.05) is 18.2 Å². The van der Waals surface area contributed by atoms with Crippen LogP contribution in [0, 0.1) is 0 Å². The second-order valence-corrected chi connectivity index (χ2v) is 8.78. The zero-order valence-corrected chi connectivity index (χ0v) is 16.2. The lowest BCUT2D eigenvalue weighted by molar-refractivity contribution is 0.267. The molecule has 0 saturated carbocycles. The predicted molar refractivity (Wildman–Crippen MR) is 103 cm³/mol. The first-order valence-corrected chi connectivity index (χ1v) is 10.2. The van der Waals surface area contributed by atoms with Crippen molar-refractivity contribution in [2.45, 2.75) is 48.4 Å². The predicted octanol–water partition coefficient (Wildman–Crippen LogP) is 2.71. The summed E-state index contributed by atoms with van der Waals surface area (Å²) < 4.78 is 28.4. The minimum Gasteiger partial charge on any atom is -0.371 e. The molecule has 26 heavy (non-hydrogen) atoms. The maximum Gasteiger partial charge on any atom is 0.214 e. The molecule has 0 bridgehead atoms. The first-order chi connectivity index (χ1) is 12.3. The van der Waals surface area contributed by atoms with Gasteiger partial charge in [-0.25, -0.2) is 18.1 Å². The molecule has 1 aromatic heterocycles. The number of anilines is 1. The van der Waals surface area contributed by atoms with Gasteiger partial charge in [0.15, 0.2) is 16.5 Å². The van der Waals surface area contributed by atoms with Gasteiger partial charge < -0.3 is 11.1 Å². The van der Waals surface area contributed by atoms with E-state index in [1.54, 1.807) is 42.1 Å². The molecule has 0 fully saturated rings. The molecule has 7 nitrogen and oxygen atoms in total. The van der Waals surface area contributed by atoms with Crippen LogP contribution in [0.3, 0.4) is 0 Å². The molecule has 0 aliphatic carbocycles. The van der Waals surface area contributed by atoms with Crippen LogP contribution in [0.5, 0.6) is 0 Å². The first-order valence-electron chi connectivity index (χ1n) is 8.69. The highest BCUT2D eigenvalue weighted by molar-refractivity contribution is 7.91. The molecule has 2 heterocycles. The average molecular weight is 375 g/mol. The Labute approximate surface area is 154 Å². The lowest BCUT2D eigenvalue weighted by atomic mass is 9.89. The minimum atomic E-state index is -3.75. The zero-order chi connectivity index (χ0) is 18.9. The summed E-state index contributed by atoms with van der Waals surface area (Å²) in [6.07, 6.45) is 2.35. The molecule has 1 aromatic carbocycles. The van der Waals surface area contributed by atoms with E-state index in [2.05, 4.69) is 22.3 Å². The van der Waals surface area contributed by atoms with Crippen molar-refractivity contribution in [2.75, 3.05) is 18.9 Å². The van der Waals surface area contributed by atoms with Crippen LogP contribution >= 0.6 is 0 Å². The third kappa shape index (κ3) is 3.03. The van der Waals surface area contributed by atoms with Gasteiger partial charge >= 0.3 is 0 Å². The van der Waals surface area contributed by atoms with Crippen molar-refractivity contribution in [2.24, 2.45) is 10.7 Å². The Morgan fingerprint density at radius 3 is 2.62 bits per heavy atom. The lowest BCUT2D eigenvalue weighted by Gasteiger charge is -2.34. The Bertz CT molecular complexity index is 934. The van der Waals surface area contributed by atoms with Crippen LogP contribution in [0.4, 0.5) is 11.6 Å². The van der Waals surface area contributed by atoms with Crippen molar-refractivity contribution in [3.8, 4) is 0 Å². The molecular formula is C18H25N5O2S. The van der Waals surface area contributed by atoms with Gasteiger partial charge in [0.25, 0.3) is 0 Å². The van der Waals surface area contributed by atoms with E-state index in [0.717, 1.165) is 25.0 Å². The van der Waals surface area contributed by atoms with Crippen LogP contribution in [0.1, 0.15) is 33.1 Å². The Hall–Kier alpha value is -2.19. The normalized spacial score (nSPS) is 19.8. The van der Waals surface area contributed by atoms with E-state index in [9.17, 15) is 8.42 Å². The summed E-state index contributed by atoms with van der Waals surface area (Å²) in [5.41, 5.74) is 6.24. The van der Waals surface area contributed by atoms with E-state index < -0.39 is 9.84 Å². The summed E-state index contributed by atoms with van der Waals surface area (Å²) in [7, 11) is -2.08. The molecule has 0 spiro atoms. The summed E-state index contributed by atoms with van der Waals surface area (Å²) in [5.74, 6) is 0.711. The molecule has 0 amide bonds. The van der Waals surface area contributed by atoms with Gasteiger partial charge in [-0.2, -0.15) is 5.10 Å². The molecule has 3 N–H and O–H groups in total. The van der Waals surface area contributed by atoms with Gasteiger partial charge in [0.1, 0.15) is 0 Å². The summed E-state index contributed by atoms with van der Waals surface area (Å²) in [6.45, 7) is 4.58. The molecule has 0 radical (unpaired) electrons. The number of benzene rings is 1. The van der Waals surface area contributed by atoms with E-state index in [0.29, 0.717) is 18.2 Å². The molecule has 2 aromatic rings. The van der Waals surface area contributed by atoms with Gasteiger partial charge in [0.2, 0.25) is 9.84 Å². The maximum atomic E-state index is 13.3. The fourth-order valence-corrected chi connectivity index (χ4v) is 5.04. The number of hydrogen-bond acceptors (Lipinski definition) is 6. The molecule has 8 heteroatoms. The second kappa shape index (κ2) is 6.85. The number of hydrogen-bond donors (Lipinski definition) is 2. The van der Waals surface area contributed by atoms with Crippen molar-refractivity contribution in [3.63, 3.8) is 0 Å². The Balaban J connectivity index is 2.24. The number of nitrogens with one attached hydrogen (secondary N) is 1. The van der Waals surface area contributed by atoms with Crippen molar-refractivity contribution in [1.82, 2.24) is 9.78 Å². The smallest absolute Gasteiger partial charge is 0.214 e. The third-order valence-electron chi connectivity index (χ3n) is 4.74. The van der Waals surface area contributed by atoms with Crippen molar-refractivity contribution in [3.05, 3.63) is 30.3 Å². The van der Waals surface area contributed by atoms with Crippen LogP contribution in [-0.4, -0.2) is 37.5 Å². The SMILES string of the molecule is CNc1nn2c(c1S(=O)(=O)c1ccccc1)N=C(C)CC2(C)CCCN. The zero-order valence-electron chi connectivity index (χ0n) is 15.4. The second-order valence-electron chi connectivity index (χ2n) is 6.89. The molecule has 140 valence electrons. The highest BCUT2D eigenvalue weighted by atomic mass is 32.2. The van der Waals surface area contributed by atoms with Crippen LogP contribution in [0.2, 0.25) is 0 Å². The molecule has 0 saturated heterocycles. The molecule has 1 atom stereocenters. The van der Waals surface area contributed by atoms with Gasteiger partial charge in [0.05, 0.1) is 10.4 Å². The van der Waals surface area contributed by atoms with E-state index in [4.69, 9.17) is 5.73 Å². The van der Waals surface area contributed by atoms with Crippen LogP contribution < -0.4 is 11.1 Å². The molecule has 1 aliphatic heterocycles. The largest absolute Gasteiger partial charge is 0.371 e. The van der Waals surface area contributed by atoms with Crippen molar-refractivity contribution in [1.29, 1.82) is 0 Å². The summed E-state index contributed by atoms with van der Waals surface area (Å²) in [6, 6.07) is 8.39. The molecule has 1 aliphatic rings. The highest BCUT2D eigenvalue weighted by Gasteiger charge is 2.39. The Morgan fingerprint density at radius 2 is 2.00 bits per heavy atom. The van der Waals surface area contributed by atoms with Gasteiger partial charge in [0, 0.05) is 19.2 Å². The van der Waals surface area contributed by atoms with E-state index in [1.807, 2.05) is 6.92 Å². The number of sulfone groups is 1. The topological polar surface area (TPSA) is 102 Å². The maximum absolute atomic E-state index is 13.3.